The molecule has 0 fully saturated rings. The van der Waals surface area contributed by atoms with Crippen molar-refractivity contribution in [2.24, 2.45) is 0 Å². The Kier molecular flexibility index (Phi) is 6.04. The summed E-state index contributed by atoms with van der Waals surface area (Å²) in [6.45, 7) is 0. The number of carbonyl (C=O) groups excluding carboxylic acids is 1. The molecule has 1 heterocycles. The number of ether oxygens (including phenoxy) is 2. The minimum Gasteiger partial charge on any atom is -0.469 e. The minimum absolute atomic E-state index is 0.0881. The second-order valence-electron chi connectivity index (χ2n) is 5.53. The Bertz CT molecular complexity index is 1010. The molecule has 0 aliphatic rings. The van der Waals surface area contributed by atoms with Crippen LogP contribution in [0.1, 0.15) is 12.0 Å². The first-order valence-electron chi connectivity index (χ1n) is 7.91. The number of benzene rings is 2. The molecule has 0 amide bonds. The van der Waals surface area contributed by atoms with Gasteiger partial charge in [0.15, 0.2) is 5.58 Å². The summed E-state index contributed by atoms with van der Waals surface area (Å²) in [6.07, 6.45) is -4.26. The van der Waals surface area contributed by atoms with Gasteiger partial charge < -0.3 is 13.9 Å². The monoisotopic (exact) mass is 431 g/mol. The van der Waals surface area contributed by atoms with Crippen LogP contribution >= 0.6 is 23.4 Å². The number of hydrogen-bond donors (Lipinski definition) is 0. The van der Waals surface area contributed by atoms with Crippen LogP contribution in [-0.2, 0) is 15.7 Å². The third-order valence-corrected chi connectivity index (χ3v) is 4.71. The van der Waals surface area contributed by atoms with Gasteiger partial charge in [-0.2, -0.15) is 13.2 Å². The van der Waals surface area contributed by atoms with Gasteiger partial charge in [-0.15, -0.1) is 0 Å². The fourth-order valence-corrected chi connectivity index (χ4v) is 3.20. The summed E-state index contributed by atoms with van der Waals surface area (Å²) < 4.78 is 53.8. The Morgan fingerprint density at radius 2 is 2.04 bits per heavy atom. The van der Waals surface area contributed by atoms with E-state index in [1.165, 1.54) is 18.9 Å². The molecule has 5 nitrogen and oxygen atoms in total. The van der Waals surface area contributed by atoms with Crippen molar-refractivity contribution in [1.29, 1.82) is 0 Å². The Morgan fingerprint density at radius 3 is 2.71 bits per heavy atom. The molecule has 0 saturated carbocycles. The van der Waals surface area contributed by atoms with E-state index < -0.39 is 11.7 Å². The van der Waals surface area contributed by atoms with Gasteiger partial charge in [0.05, 0.1) is 24.1 Å². The number of carbonyl (C=O) groups is 1. The number of thioether (sulfide) groups is 1. The average molecular weight is 432 g/mol. The summed E-state index contributed by atoms with van der Waals surface area (Å²) in [6, 6.07) is 7.65. The van der Waals surface area contributed by atoms with Crippen LogP contribution in [0, 0.1) is 0 Å². The number of hydrogen-bond acceptors (Lipinski definition) is 6. The number of oxazole rings is 1. The van der Waals surface area contributed by atoms with Crippen molar-refractivity contribution in [3.8, 4) is 11.5 Å². The van der Waals surface area contributed by atoms with Crippen LogP contribution in [0.4, 0.5) is 13.2 Å². The first kappa shape index (κ1) is 20.3. The number of fused-ring (bicyclic) bond motifs is 1. The first-order valence-corrected chi connectivity index (χ1v) is 9.27. The topological polar surface area (TPSA) is 61.6 Å². The lowest BCUT2D eigenvalue weighted by atomic mass is 10.2. The standard InChI is InChI=1S/C18H13ClF3NO4S/c1-25-16(24)6-7-28-17-23-13-9-11(3-5-15(13)27-17)26-14-4-2-10(8-12(14)19)18(20,21)22/h2-5,8-9H,6-7H2,1H3. The number of methoxy groups -OCH3 is 1. The van der Waals surface area contributed by atoms with E-state index in [2.05, 4.69) is 9.72 Å². The Labute approximate surface area is 166 Å². The minimum atomic E-state index is -4.48. The number of esters is 1. The second-order valence-corrected chi connectivity index (χ2v) is 6.98. The molecule has 148 valence electrons. The molecule has 0 radical (unpaired) electrons. The molecule has 2 aromatic carbocycles. The van der Waals surface area contributed by atoms with Crippen LogP contribution in [-0.4, -0.2) is 23.8 Å². The largest absolute Gasteiger partial charge is 0.469 e. The molecule has 0 saturated heterocycles. The van der Waals surface area contributed by atoms with Gasteiger partial charge in [-0.25, -0.2) is 4.98 Å². The summed E-state index contributed by atoms with van der Waals surface area (Å²) in [5.41, 5.74) is 0.151. The van der Waals surface area contributed by atoms with Gasteiger partial charge in [-0.1, -0.05) is 23.4 Å². The van der Waals surface area contributed by atoms with E-state index in [4.69, 9.17) is 20.8 Å². The fraction of sp³-hybridized carbons (Fsp3) is 0.222. The normalized spacial score (nSPS) is 11.6. The van der Waals surface area contributed by atoms with E-state index in [1.54, 1.807) is 18.2 Å². The van der Waals surface area contributed by atoms with Gasteiger partial charge in [0.2, 0.25) is 0 Å². The van der Waals surface area contributed by atoms with Gasteiger partial charge in [0.1, 0.15) is 17.0 Å². The lowest BCUT2D eigenvalue weighted by molar-refractivity contribution is -0.140. The molecule has 0 N–H and O–H groups in total. The SMILES string of the molecule is COC(=O)CCSc1nc2cc(Oc3ccc(C(F)(F)F)cc3Cl)ccc2o1. The predicted octanol–water partition coefficient (Wildman–Crippen LogP) is 5.95. The number of halogens is 4. The van der Waals surface area contributed by atoms with Crippen molar-refractivity contribution in [2.75, 3.05) is 12.9 Å². The molecule has 0 bridgehead atoms. The highest BCUT2D eigenvalue weighted by atomic mass is 35.5. The third kappa shape index (κ3) is 4.90. The molecular weight excluding hydrogens is 419 g/mol. The summed E-state index contributed by atoms with van der Waals surface area (Å²) in [5, 5.41) is 0.220. The molecule has 3 rings (SSSR count). The molecule has 3 aromatic rings. The van der Waals surface area contributed by atoms with Crippen molar-refractivity contribution < 1.29 is 31.9 Å². The summed E-state index contributed by atoms with van der Waals surface area (Å²) >= 11 is 7.16. The van der Waals surface area contributed by atoms with E-state index in [0.29, 0.717) is 27.8 Å². The van der Waals surface area contributed by atoms with Crippen LogP contribution in [0.15, 0.2) is 46.0 Å². The zero-order valence-corrected chi connectivity index (χ0v) is 16.0. The maximum atomic E-state index is 12.7. The number of alkyl halides is 3. The maximum absolute atomic E-state index is 12.7. The predicted molar refractivity (Wildman–Crippen MR) is 97.9 cm³/mol. The van der Waals surface area contributed by atoms with Crippen molar-refractivity contribution in [1.82, 2.24) is 4.98 Å². The Balaban J connectivity index is 1.73. The molecule has 28 heavy (non-hydrogen) atoms. The molecule has 0 aliphatic heterocycles. The van der Waals surface area contributed by atoms with Crippen molar-refractivity contribution in [3.05, 3.63) is 47.0 Å². The molecule has 0 atom stereocenters. The van der Waals surface area contributed by atoms with Crippen molar-refractivity contribution in [2.45, 2.75) is 17.8 Å². The Morgan fingerprint density at radius 1 is 1.25 bits per heavy atom. The zero-order chi connectivity index (χ0) is 20.3. The average Bonchev–Trinajstić information content (AvgIpc) is 3.04. The lowest BCUT2D eigenvalue weighted by Gasteiger charge is -2.11. The fourth-order valence-electron chi connectivity index (χ4n) is 2.22. The smallest absolute Gasteiger partial charge is 0.416 e. The number of nitrogens with zero attached hydrogens (tertiary/aromatic N) is 1. The number of aromatic nitrogens is 1. The van der Waals surface area contributed by atoms with Gasteiger partial charge in [0.25, 0.3) is 5.22 Å². The van der Waals surface area contributed by atoms with Gasteiger partial charge >= 0.3 is 12.1 Å². The van der Waals surface area contributed by atoms with Crippen LogP contribution in [0.2, 0.25) is 5.02 Å². The summed E-state index contributed by atoms with van der Waals surface area (Å²) in [7, 11) is 1.32. The van der Waals surface area contributed by atoms with E-state index in [9.17, 15) is 18.0 Å². The van der Waals surface area contributed by atoms with Crippen LogP contribution < -0.4 is 4.74 Å². The number of rotatable bonds is 6. The second kappa shape index (κ2) is 8.32. The lowest BCUT2D eigenvalue weighted by Crippen LogP contribution is -2.04. The van der Waals surface area contributed by atoms with E-state index in [1.807, 2.05) is 0 Å². The maximum Gasteiger partial charge on any atom is 0.416 e. The molecule has 10 heteroatoms. The van der Waals surface area contributed by atoms with Gasteiger partial charge in [-0.3, -0.25) is 4.79 Å². The first-order chi connectivity index (χ1) is 13.3. The Hall–Kier alpha value is -2.39. The molecule has 1 aromatic heterocycles. The van der Waals surface area contributed by atoms with Gasteiger partial charge in [-0.05, 0) is 30.3 Å². The highest BCUT2D eigenvalue weighted by Gasteiger charge is 2.31. The van der Waals surface area contributed by atoms with Crippen molar-refractivity contribution in [3.63, 3.8) is 0 Å². The van der Waals surface area contributed by atoms with E-state index in [0.717, 1.165) is 18.2 Å². The quantitative estimate of drug-likeness (QED) is 0.355. The highest BCUT2D eigenvalue weighted by molar-refractivity contribution is 7.99. The highest BCUT2D eigenvalue weighted by Crippen LogP contribution is 2.37. The van der Waals surface area contributed by atoms with Gasteiger partial charge in [0, 0.05) is 11.8 Å². The molecular formula is C18H13ClF3NO4S. The van der Waals surface area contributed by atoms with E-state index in [-0.39, 0.29) is 23.2 Å². The van der Waals surface area contributed by atoms with Crippen LogP contribution in [0.3, 0.4) is 0 Å². The van der Waals surface area contributed by atoms with Crippen molar-refractivity contribution >= 4 is 40.4 Å². The van der Waals surface area contributed by atoms with E-state index >= 15 is 0 Å². The van der Waals surface area contributed by atoms with Crippen LogP contribution in [0.25, 0.3) is 11.1 Å². The zero-order valence-electron chi connectivity index (χ0n) is 14.4. The molecule has 0 unspecified atom stereocenters. The molecule has 0 aliphatic carbocycles. The summed E-state index contributed by atoms with van der Waals surface area (Å²) in [4.78, 5) is 15.4. The summed E-state index contributed by atoms with van der Waals surface area (Å²) in [5.74, 6) is 0.552. The van der Waals surface area contributed by atoms with Crippen LogP contribution in [0.5, 0.6) is 11.5 Å². The molecule has 0 spiro atoms. The third-order valence-electron chi connectivity index (χ3n) is 3.59.